The molecule has 2 N–H and O–H groups in total. The molecular weight excluding hydrogens is 140 g/mol. The van der Waals surface area contributed by atoms with E-state index >= 15 is 0 Å². The highest BCUT2D eigenvalue weighted by atomic mass is 16.3. The van der Waals surface area contributed by atoms with E-state index in [2.05, 4.69) is 0 Å². The van der Waals surface area contributed by atoms with Crippen LogP contribution in [0.5, 0.6) is 0 Å². The molecule has 0 saturated heterocycles. The third-order valence-electron chi connectivity index (χ3n) is 3.12. The summed E-state index contributed by atoms with van der Waals surface area (Å²) >= 11 is 0. The summed E-state index contributed by atoms with van der Waals surface area (Å²) in [6, 6.07) is 0. The second-order valence-electron chi connectivity index (χ2n) is 4.03. The Morgan fingerprint density at radius 1 is 1.27 bits per heavy atom. The van der Waals surface area contributed by atoms with Gasteiger partial charge in [-0.25, -0.2) is 0 Å². The van der Waals surface area contributed by atoms with E-state index in [-0.39, 0.29) is 0 Å². The van der Waals surface area contributed by atoms with Gasteiger partial charge in [-0.2, -0.15) is 0 Å². The van der Waals surface area contributed by atoms with Gasteiger partial charge in [-0.1, -0.05) is 20.8 Å². The van der Waals surface area contributed by atoms with E-state index in [1.54, 1.807) is 13.8 Å². The topological polar surface area (TPSA) is 40.5 Å². The minimum Gasteiger partial charge on any atom is -0.393 e. The van der Waals surface area contributed by atoms with E-state index in [1.807, 2.05) is 20.8 Å². The average Bonchev–Trinajstić information content (AvgIpc) is 1.87. The normalized spacial score (nSPS) is 21.0. The third-order valence-corrected chi connectivity index (χ3v) is 3.12. The zero-order chi connectivity index (χ0) is 9.28. The maximum atomic E-state index is 9.86. The molecule has 0 rings (SSSR count). The van der Waals surface area contributed by atoms with Crippen molar-refractivity contribution in [2.45, 2.75) is 52.7 Å². The maximum Gasteiger partial charge on any atom is 0.0692 e. The summed E-state index contributed by atoms with van der Waals surface area (Å²) in [5, 5.41) is 19.2. The van der Waals surface area contributed by atoms with Gasteiger partial charge < -0.3 is 10.2 Å². The fourth-order valence-electron chi connectivity index (χ4n) is 0.906. The zero-order valence-corrected chi connectivity index (χ0v) is 8.18. The van der Waals surface area contributed by atoms with Crippen LogP contribution >= 0.6 is 0 Å². The van der Waals surface area contributed by atoms with Crippen LogP contribution in [-0.4, -0.2) is 21.9 Å². The van der Waals surface area contributed by atoms with E-state index in [0.29, 0.717) is 6.42 Å². The molecule has 0 bridgehead atoms. The minimum absolute atomic E-state index is 0.443. The number of hydrogen-bond acceptors (Lipinski definition) is 2. The van der Waals surface area contributed by atoms with E-state index in [1.165, 1.54) is 0 Å². The van der Waals surface area contributed by atoms with Crippen LogP contribution in [0.3, 0.4) is 0 Å². The molecule has 0 spiro atoms. The molecule has 0 saturated carbocycles. The van der Waals surface area contributed by atoms with Crippen molar-refractivity contribution in [3.8, 4) is 0 Å². The van der Waals surface area contributed by atoms with Crippen molar-refractivity contribution in [1.29, 1.82) is 0 Å². The summed E-state index contributed by atoms with van der Waals surface area (Å²) in [5.74, 6) is 0. The Hall–Kier alpha value is -0.0800. The molecule has 68 valence electrons. The first-order chi connectivity index (χ1) is 4.75. The highest BCUT2D eigenvalue weighted by molar-refractivity contribution is 4.91. The Balaban J connectivity index is 4.53. The summed E-state index contributed by atoms with van der Waals surface area (Å²) in [4.78, 5) is 0. The van der Waals surface area contributed by atoms with E-state index in [0.717, 1.165) is 0 Å². The molecule has 11 heavy (non-hydrogen) atoms. The Morgan fingerprint density at radius 2 is 1.64 bits per heavy atom. The molecule has 2 heteroatoms. The fourth-order valence-corrected chi connectivity index (χ4v) is 0.906. The average molecular weight is 160 g/mol. The lowest BCUT2D eigenvalue weighted by atomic mass is 9.71. The van der Waals surface area contributed by atoms with Crippen LogP contribution in [-0.2, 0) is 0 Å². The zero-order valence-electron chi connectivity index (χ0n) is 8.18. The molecule has 0 fully saturated rings. The predicted octanol–water partition coefficient (Wildman–Crippen LogP) is 1.55. The molecule has 2 nitrogen and oxygen atoms in total. The van der Waals surface area contributed by atoms with Crippen LogP contribution in [0.15, 0.2) is 0 Å². The summed E-state index contributed by atoms with van der Waals surface area (Å²) < 4.78 is 0. The molecule has 0 aliphatic heterocycles. The molecular formula is C9H20O2. The minimum atomic E-state index is -0.791. The first-order valence-corrected chi connectivity index (χ1v) is 4.16. The van der Waals surface area contributed by atoms with Crippen molar-refractivity contribution in [1.82, 2.24) is 0 Å². The van der Waals surface area contributed by atoms with Gasteiger partial charge in [0, 0.05) is 5.41 Å². The van der Waals surface area contributed by atoms with Crippen LogP contribution in [0.1, 0.15) is 41.0 Å². The highest BCUT2D eigenvalue weighted by Crippen LogP contribution is 2.36. The lowest BCUT2D eigenvalue weighted by Crippen LogP contribution is -2.47. The summed E-state index contributed by atoms with van der Waals surface area (Å²) in [7, 11) is 0. The Kier molecular flexibility index (Phi) is 3.09. The van der Waals surface area contributed by atoms with Crippen molar-refractivity contribution in [2.75, 3.05) is 0 Å². The van der Waals surface area contributed by atoms with Crippen LogP contribution in [0, 0.1) is 5.41 Å². The molecule has 0 radical (unpaired) electrons. The third kappa shape index (κ3) is 1.94. The van der Waals surface area contributed by atoms with Crippen LogP contribution in [0.4, 0.5) is 0 Å². The van der Waals surface area contributed by atoms with Crippen LogP contribution < -0.4 is 0 Å². The van der Waals surface area contributed by atoms with Crippen molar-refractivity contribution in [2.24, 2.45) is 5.41 Å². The van der Waals surface area contributed by atoms with Crippen LogP contribution in [0.25, 0.3) is 0 Å². The molecule has 0 aliphatic rings. The predicted molar refractivity (Wildman–Crippen MR) is 46.4 cm³/mol. The monoisotopic (exact) mass is 160 g/mol. The largest absolute Gasteiger partial charge is 0.393 e. The SMILES string of the molecule is CCC(C)(O)C(C)(C)C(C)O. The van der Waals surface area contributed by atoms with Gasteiger partial charge in [0.1, 0.15) is 0 Å². The molecule has 0 aliphatic carbocycles. The molecule has 0 amide bonds. The summed E-state index contributed by atoms with van der Waals surface area (Å²) in [6.45, 7) is 9.15. The molecule has 2 atom stereocenters. The van der Waals surface area contributed by atoms with E-state index < -0.39 is 17.1 Å². The summed E-state index contributed by atoms with van der Waals surface area (Å²) in [5.41, 5.74) is -1.23. The molecule has 0 aromatic carbocycles. The highest BCUT2D eigenvalue weighted by Gasteiger charge is 2.41. The number of aliphatic hydroxyl groups excluding tert-OH is 1. The maximum absolute atomic E-state index is 9.86. The standard InChI is InChI=1S/C9H20O2/c1-6-9(5,11)8(3,4)7(2)10/h7,10-11H,6H2,1-5H3. The van der Waals surface area contributed by atoms with E-state index in [9.17, 15) is 10.2 Å². The van der Waals surface area contributed by atoms with Gasteiger partial charge in [0.2, 0.25) is 0 Å². The Morgan fingerprint density at radius 3 is 1.73 bits per heavy atom. The van der Waals surface area contributed by atoms with Gasteiger partial charge >= 0.3 is 0 Å². The van der Waals surface area contributed by atoms with Gasteiger partial charge in [-0.05, 0) is 20.3 Å². The molecule has 0 aromatic rings. The van der Waals surface area contributed by atoms with Crippen LogP contribution in [0.2, 0.25) is 0 Å². The summed E-state index contributed by atoms with van der Waals surface area (Å²) in [6.07, 6.45) is 0.169. The van der Waals surface area contributed by atoms with Gasteiger partial charge in [0.25, 0.3) is 0 Å². The van der Waals surface area contributed by atoms with Crippen molar-refractivity contribution in [3.05, 3.63) is 0 Å². The Bertz CT molecular complexity index is 126. The van der Waals surface area contributed by atoms with Gasteiger partial charge in [0.05, 0.1) is 11.7 Å². The van der Waals surface area contributed by atoms with Crippen molar-refractivity contribution in [3.63, 3.8) is 0 Å². The lowest BCUT2D eigenvalue weighted by Gasteiger charge is -2.41. The first kappa shape index (κ1) is 10.9. The molecule has 0 aromatic heterocycles. The lowest BCUT2D eigenvalue weighted by molar-refractivity contribution is -0.110. The number of hydrogen-bond donors (Lipinski definition) is 2. The van der Waals surface area contributed by atoms with E-state index in [4.69, 9.17) is 0 Å². The number of aliphatic hydroxyl groups is 2. The van der Waals surface area contributed by atoms with Gasteiger partial charge in [-0.15, -0.1) is 0 Å². The van der Waals surface area contributed by atoms with Gasteiger partial charge in [-0.3, -0.25) is 0 Å². The smallest absolute Gasteiger partial charge is 0.0692 e. The molecule has 0 heterocycles. The fraction of sp³-hybridized carbons (Fsp3) is 1.00. The Labute approximate surface area is 69.2 Å². The van der Waals surface area contributed by atoms with Crippen molar-refractivity contribution < 1.29 is 10.2 Å². The van der Waals surface area contributed by atoms with Gasteiger partial charge in [0.15, 0.2) is 0 Å². The first-order valence-electron chi connectivity index (χ1n) is 4.16. The second kappa shape index (κ2) is 3.11. The number of rotatable bonds is 3. The molecule has 2 unspecified atom stereocenters. The second-order valence-corrected chi connectivity index (χ2v) is 4.03. The quantitative estimate of drug-likeness (QED) is 0.657. The van der Waals surface area contributed by atoms with Crippen molar-refractivity contribution >= 4 is 0 Å².